The minimum absolute atomic E-state index is 0.00194. The fraction of sp³-hybridized carbons (Fsp3) is 0.312. The highest BCUT2D eigenvalue weighted by Gasteiger charge is 2.28. The van der Waals surface area contributed by atoms with Gasteiger partial charge in [-0.2, -0.15) is 0 Å². The average Bonchev–Trinajstić information content (AvgIpc) is 3.11. The molecule has 2 heterocycles. The minimum atomic E-state index is -0.818. The maximum atomic E-state index is 12.5. The predicted octanol–water partition coefficient (Wildman–Crippen LogP) is 2.66. The number of likely N-dealkylation sites (tertiary alicyclic amines) is 1. The zero-order valence-electron chi connectivity index (χ0n) is 13.1. The van der Waals surface area contributed by atoms with Gasteiger partial charge < -0.3 is 10.0 Å². The van der Waals surface area contributed by atoms with Gasteiger partial charge in [0.05, 0.1) is 10.8 Å². The first-order valence-corrected chi connectivity index (χ1v) is 8.56. The van der Waals surface area contributed by atoms with E-state index in [9.17, 15) is 19.7 Å². The van der Waals surface area contributed by atoms with Crippen molar-refractivity contribution in [3.05, 3.63) is 45.5 Å². The molecule has 130 valence electrons. The van der Waals surface area contributed by atoms with Crippen molar-refractivity contribution in [2.45, 2.75) is 12.8 Å². The van der Waals surface area contributed by atoms with E-state index >= 15 is 0 Å². The summed E-state index contributed by atoms with van der Waals surface area (Å²) in [5.41, 5.74) is 1.02. The van der Waals surface area contributed by atoms with E-state index < -0.39 is 16.8 Å². The zero-order chi connectivity index (χ0) is 18.0. The first kappa shape index (κ1) is 17.0. The molecule has 1 aliphatic heterocycles. The first-order chi connectivity index (χ1) is 12.0. The van der Waals surface area contributed by atoms with Crippen molar-refractivity contribution in [3.8, 4) is 10.6 Å². The molecule has 1 fully saturated rings. The van der Waals surface area contributed by atoms with Gasteiger partial charge in [-0.3, -0.25) is 19.7 Å². The molecule has 1 aliphatic rings. The van der Waals surface area contributed by atoms with E-state index in [1.807, 2.05) is 0 Å². The Morgan fingerprint density at radius 1 is 1.24 bits per heavy atom. The lowest BCUT2D eigenvalue weighted by molar-refractivity contribution is -0.384. The second-order valence-corrected chi connectivity index (χ2v) is 6.60. The van der Waals surface area contributed by atoms with Gasteiger partial charge in [-0.15, -0.1) is 11.3 Å². The molecule has 0 aliphatic carbocycles. The standard InChI is InChI=1S/C16H15N3O5S/c20-15(18-7-5-11(6-8-18)16(21)22)13-9-25-14(17-13)10-1-3-12(4-2-10)19(23)24/h1-4,9,11H,5-8H2,(H,21,22). The lowest BCUT2D eigenvalue weighted by Gasteiger charge is -2.29. The summed E-state index contributed by atoms with van der Waals surface area (Å²) in [4.78, 5) is 39.6. The lowest BCUT2D eigenvalue weighted by Crippen LogP contribution is -2.40. The van der Waals surface area contributed by atoms with Crippen molar-refractivity contribution in [3.63, 3.8) is 0 Å². The number of carbonyl (C=O) groups excluding carboxylic acids is 1. The number of nitrogens with zero attached hydrogens (tertiary/aromatic N) is 3. The van der Waals surface area contributed by atoms with Crippen molar-refractivity contribution in [2.75, 3.05) is 13.1 Å². The van der Waals surface area contributed by atoms with Gasteiger partial charge in [0.25, 0.3) is 11.6 Å². The highest BCUT2D eigenvalue weighted by Crippen LogP contribution is 2.27. The number of amides is 1. The summed E-state index contributed by atoms with van der Waals surface area (Å²) in [6.07, 6.45) is 0.890. The summed E-state index contributed by atoms with van der Waals surface area (Å²) in [6.45, 7) is 0.806. The largest absolute Gasteiger partial charge is 0.481 e. The molecule has 0 radical (unpaired) electrons. The van der Waals surface area contributed by atoms with E-state index in [1.54, 1.807) is 22.4 Å². The molecule has 0 saturated carbocycles. The Balaban J connectivity index is 1.70. The summed E-state index contributed by atoms with van der Waals surface area (Å²) in [6, 6.07) is 6.00. The Labute approximate surface area is 146 Å². The molecule has 0 spiro atoms. The highest BCUT2D eigenvalue weighted by molar-refractivity contribution is 7.13. The normalized spacial score (nSPS) is 15.1. The molecule has 0 atom stereocenters. The van der Waals surface area contributed by atoms with Gasteiger partial charge >= 0.3 is 5.97 Å². The molecule has 2 aromatic rings. The fourth-order valence-corrected chi connectivity index (χ4v) is 3.52. The van der Waals surface area contributed by atoms with Gasteiger partial charge in [0, 0.05) is 36.2 Å². The Hall–Kier alpha value is -2.81. The maximum Gasteiger partial charge on any atom is 0.306 e. The monoisotopic (exact) mass is 361 g/mol. The van der Waals surface area contributed by atoms with E-state index in [1.165, 1.54) is 23.5 Å². The third-order valence-electron chi connectivity index (χ3n) is 4.18. The van der Waals surface area contributed by atoms with E-state index in [4.69, 9.17) is 5.11 Å². The Morgan fingerprint density at radius 2 is 1.88 bits per heavy atom. The van der Waals surface area contributed by atoms with Crippen LogP contribution in [0.5, 0.6) is 0 Å². The van der Waals surface area contributed by atoms with Gasteiger partial charge in [0.15, 0.2) is 0 Å². The van der Waals surface area contributed by atoms with E-state index in [0.717, 1.165) is 0 Å². The first-order valence-electron chi connectivity index (χ1n) is 7.68. The molecule has 1 amide bonds. The number of hydrogen-bond donors (Lipinski definition) is 1. The third kappa shape index (κ3) is 3.66. The van der Waals surface area contributed by atoms with Crippen molar-refractivity contribution >= 4 is 28.9 Å². The van der Waals surface area contributed by atoms with Gasteiger partial charge in [-0.05, 0) is 25.0 Å². The number of non-ortho nitro benzene ring substituents is 1. The van der Waals surface area contributed by atoms with Crippen LogP contribution < -0.4 is 0 Å². The molecular weight excluding hydrogens is 346 g/mol. The van der Waals surface area contributed by atoms with E-state index in [-0.39, 0.29) is 11.6 Å². The van der Waals surface area contributed by atoms with E-state index in [2.05, 4.69) is 4.98 Å². The van der Waals surface area contributed by atoms with Crippen LogP contribution in [0.25, 0.3) is 10.6 Å². The van der Waals surface area contributed by atoms with Crippen LogP contribution in [0.1, 0.15) is 23.3 Å². The fourth-order valence-electron chi connectivity index (χ4n) is 2.72. The minimum Gasteiger partial charge on any atom is -0.481 e. The number of carbonyl (C=O) groups is 2. The Kier molecular flexibility index (Phi) is 4.75. The third-order valence-corrected chi connectivity index (χ3v) is 5.07. The maximum absolute atomic E-state index is 12.5. The quantitative estimate of drug-likeness (QED) is 0.661. The Morgan fingerprint density at radius 3 is 2.44 bits per heavy atom. The molecule has 25 heavy (non-hydrogen) atoms. The highest BCUT2D eigenvalue weighted by atomic mass is 32.1. The van der Waals surface area contributed by atoms with E-state index in [0.29, 0.717) is 42.2 Å². The van der Waals surface area contributed by atoms with Crippen LogP contribution in [0.3, 0.4) is 0 Å². The van der Waals surface area contributed by atoms with Crippen molar-refractivity contribution in [1.82, 2.24) is 9.88 Å². The van der Waals surface area contributed by atoms with Gasteiger partial charge in [0.1, 0.15) is 10.7 Å². The number of nitro groups is 1. The average molecular weight is 361 g/mol. The summed E-state index contributed by atoms with van der Waals surface area (Å²) in [5.74, 6) is -1.43. The molecule has 9 heteroatoms. The molecule has 0 unspecified atom stereocenters. The van der Waals surface area contributed by atoms with Crippen LogP contribution in [0, 0.1) is 16.0 Å². The molecule has 0 bridgehead atoms. The van der Waals surface area contributed by atoms with Crippen LogP contribution in [0.2, 0.25) is 0 Å². The van der Waals surface area contributed by atoms with Gasteiger partial charge in [0.2, 0.25) is 0 Å². The summed E-state index contributed by atoms with van der Waals surface area (Å²) >= 11 is 1.29. The SMILES string of the molecule is O=C(O)C1CCN(C(=O)c2csc(-c3ccc([N+](=O)[O-])cc3)n2)CC1. The molecule has 1 aromatic heterocycles. The zero-order valence-corrected chi connectivity index (χ0v) is 13.9. The number of benzene rings is 1. The van der Waals surface area contributed by atoms with Gasteiger partial charge in [-0.25, -0.2) is 4.98 Å². The molecule has 1 N–H and O–H groups in total. The van der Waals surface area contributed by atoms with Crippen LogP contribution in [0.4, 0.5) is 5.69 Å². The van der Waals surface area contributed by atoms with Gasteiger partial charge in [-0.1, -0.05) is 0 Å². The number of carboxylic acids is 1. The van der Waals surface area contributed by atoms with Crippen molar-refractivity contribution < 1.29 is 19.6 Å². The van der Waals surface area contributed by atoms with Crippen LogP contribution >= 0.6 is 11.3 Å². The molecule has 3 rings (SSSR count). The molecule has 1 aromatic carbocycles. The summed E-state index contributed by atoms with van der Waals surface area (Å²) in [7, 11) is 0. The number of rotatable bonds is 4. The second-order valence-electron chi connectivity index (χ2n) is 5.75. The second kappa shape index (κ2) is 6.98. The van der Waals surface area contributed by atoms with Crippen molar-refractivity contribution in [2.24, 2.45) is 5.92 Å². The number of carboxylic acid groups (broad SMARTS) is 1. The number of aromatic nitrogens is 1. The number of nitro benzene ring substituents is 1. The Bertz CT molecular complexity index is 809. The number of thiazole rings is 1. The van der Waals surface area contributed by atoms with Crippen LogP contribution in [-0.2, 0) is 4.79 Å². The number of piperidine rings is 1. The summed E-state index contributed by atoms with van der Waals surface area (Å²) < 4.78 is 0. The molecule has 1 saturated heterocycles. The number of hydrogen-bond acceptors (Lipinski definition) is 6. The molecular formula is C16H15N3O5S. The predicted molar refractivity (Wildman–Crippen MR) is 90.5 cm³/mol. The topological polar surface area (TPSA) is 114 Å². The lowest BCUT2D eigenvalue weighted by atomic mass is 9.97. The smallest absolute Gasteiger partial charge is 0.306 e. The van der Waals surface area contributed by atoms with Crippen LogP contribution in [-0.4, -0.2) is 44.9 Å². The van der Waals surface area contributed by atoms with Crippen LogP contribution in [0.15, 0.2) is 29.6 Å². The summed E-state index contributed by atoms with van der Waals surface area (Å²) in [5, 5.41) is 22.0. The molecule has 8 nitrogen and oxygen atoms in total. The van der Waals surface area contributed by atoms with Crippen molar-refractivity contribution in [1.29, 1.82) is 0 Å². The number of aliphatic carboxylic acids is 1.